The molecule has 0 saturated heterocycles. The van der Waals surface area contributed by atoms with E-state index in [9.17, 15) is 4.79 Å². The Kier molecular flexibility index (Phi) is 4.60. The zero-order chi connectivity index (χ0) is 16.2. The smallest absolute Gasteiger partial charge is 0.310 e. The van der Waals surface area contributed by atoms with Gasteiger partial charge in [-0.05, 0) is 30.5 Å². The molecule has 0 fully saturated rings. The third kappa shape index (κ3) is 3.36. The summed E-state index contributed by atoms with van der Waals surface area (Å²) in [6.45, 7) is 0.618. The van der Waals surface area contributed by atoms with E-state index in [4.69, 9.17) is 9.47 Å². The van der Waals surface area contributed by atoms with Crippen molar-refractivity contribution < 1.29 is 14.3 Å². The average Bonchev–Trinajstić information content (AvgIpc) is 3.02. The van der Waals surface area contributed by atoms with Crippen LogP contribution < -0.4 is 4.74 Å². The SMILES string of the molecule is COC(=O)C1CCc2nnc(CCc3ccc(OC)cc3)n2C1. The van der Waals surface area contributed by atoms with Crippen molar-refractivity contribution in [2.75, 3.05) is 14.2 Å². The highest BCUT2D eigenvalue weighted by atomic mass is 16.5. The van der Waals surface area contributed by atoms with E-state index in [2.05, 4.69) is 26.9 Å². The number of hydrogen-bond donors (Lipinski definition) is 0. The fourth-order valence-corrected chi connectivity index (χ4v) is 2.98. The molecule has 1 aliphatic rings. The molecule has 1 aliphatic heterocycles. The van der Waals surface area contributed by atoms with E-state index in [1.165, 1.54) is 12.7 Å². The highest BCUT2D eigenvalue weighted by Gasteiger charge is 2.28. The lowest BCUT2D eigenvalue weighted by atomic mass is 9.99. The Balaban J connectivity index is 1.67. The fourth-order valence-electron chi connectivity index (χ4n) is 2.98. The molecule has 0 saturated carbocycles. The van der Waals surface area contributed by atoms with Crippen LogP contribution in [0.15, 0.2) is 24.3 Å². The Morgan fingerprint density at radius 3 is 2.70 bits per heavy atom. The molecule has 23 heavy (non-hydrogen) atoms. The number of fused-ring (bicyclic) bond motifs is 1. The summed E-state index contributed by atoms with van der Waals surface area (Å²) in [5.74, 6) is 2.52. The topological polar surface area (TPSA) is 66.2 Å². The lowest BCUT2D eigenvalue weighted by Gasteiger charge is -2.22. The Bertz CT molecular complexity index is 679. The van der Waals surface area contributed by atoms with Gasteiger partial charge < -0.3 is 14.0 Å². The van der Waals surface area contributed by atoms with Crippen LogP contribution in [0.1, 0.15) is 23.6 Å². The summed E-state index contributed by atoms with van der Waals surface area (Å²) in [6, 6.07) is 8.04. The highest BCUT2D eigenvalue weighted by molar-refractivity contribution is 5.72. The van der Waals surface area contributed by atoms with Crippen molar-refractivity contribution >= 4 is 5.97 Å². The summed E-state index contributed by atoms with van der Waals surface area (Å²) in [5, 5.41) is 8.56. The van der Waals surface area contributed by atoms with Gasteiger partial charge in [-0.3, -0.25) is 4.79 Å². The number of methoxy groups -OCH3 is 2. The van der Waals surface area contributed by atoms with Crippen molar-refractivity contribution in [3.8, 4) is 5.75 Å². The maximum Gasteiger partial charge on any atom is 0.310 e. The van der Waals surface area contributed by atoms with Gasteiger partial charge in [0.25, 0.3) is 0 Å². The van der Waals surface area contributed by atoms with Crippen LogP contribution in [0.25, 0.3) is 0 Å². The molecule has 1 aromatic carbocycles. The van der Waals surface area contributed by atoms with Crippen LogP contribution >= 0.6 is 0 Å². The Morgan fingerprint density at radius 2 is 2.00 bits per heavy atom. The van der Waals surface area contributed by atoms with Crippen LogP contribution in [-0.4, -0.2) is 35.0 Å². The number of carbonyl (C=O) groups excluding carboxylic acids is 1. The minimum Gasteiger partial charge on any atom is -0.497 e. The van der Waals surface area contributed by atoms with Gasteiger partial charge in [-0.1, -0.05) is 12.1 Å². The summed E-state index contributed by atoms with van der Waals surface area (Å²) in [6.07, 6.45) is 3.23. The Hall–Kier alpha value is -2.37. The van der Waals surface area contributed by atoms with Crippen molar-refractivity contribution in [1.82, 2.24) is 14.8 Å². The van der Waals surface area contributed by atoms with Crippen LogP contribution in [0.3, 0.4) is 0 Å². The molecule has 2 aromatic rings. The second kappa shape index (κ2) is 6.81. The number of aromatic nitrogens is 3. The molecule has 0 radical (unpaired) electrons. The highest BCUT2D eigenvalue weighted by Crippen LogP contribution is 2.22. The Labute approximate surface area is 135 Å². The van der Waals surface area contributed by atoms with Gasteiger partial charge in [-0.15, -0.1) is 10.2 Å². The van der Waals surface area contributed by atoms with Gasteiger partial charge in [0.1, 0.15) is 17.4 Å². The first-order chi connectivity index (χ1) is 11.2. The molecular formula is C17H21N3O3. The summed E-state index contributed by atoms with van der Waals surface area (Å²) < 4.78 is 12.1. The number of benzene rings is 1. The van der Waals surface area contributed by atoms with Gasteiger partial charge in [0.15, 0.2) is 0 Å². The number of rotatable bonds is 5. The summed E-state index contributed by atoms with van der Waals surface area (Å²) in [7, 11) is 3.10. The third-order valence-corrected chi connectivity index (χ3v) is 4.35. The minimum atomic E-state index is -0.148. The van der Waals surface area contributed by atoms with Gasteiger partial charge in [-0.2, -0.15) is 0 Å². The van der Waals surface area contributed by atoms with E-state index in [0.29, 0.717) is 6.54 Å². The molecule has 0 spiro atoms. The van der Waals surface area contributed by atoms with E-state index < -0.39 is 0 Å². The molecule has 122 valence electrons. The van der Waals surface area contributed by atoms with Crippen molar-refractivity contribution in [2.24, 2.45) is 5.92 Å². The van der Waals surface area contributed by atoms with E-state index in [1.54, 1.807) is 7.11 Å². The van der Waals surface area contributed by atoms with Crippen LogP contribution in [0.4, 0.5) is 0 Å². The molecule has 1 unspecified atom stereocenters. The van der Waals surface area contributed by atoms with Gasteiger partial charge in [0.05, 0.1) is 20.1 Å². The molecule has 6 heteroatoms. The zero-order valence-electron chi connectivity index (χ0n) is 13.5. The van der Waals surface area contributed by atoms with Crippen molar-refractivity contribution in [3.05, 3.63) is 41.5 Å². The summed E-state index contributed by atoms with van der Waals surface area (Å²) >= 11 is 0. The number of ether oxygens (including phenoxy) is 2. The predicted molar refractivity (Wildman–Crippen MR) is 84.3 cm³/mol. The van der Waals surface area contributed by atoms with Crippen molar-refractivity contribution in [3.63, 3.8) is 0 Å². The molecule has 0 amide bonds. The van der Waals surface area contributed by atoms with Crippen LogP contribution in [0, 0.1) is 5.92 Å². The second-order valence-electron chi connectivity index (χ2n) is 5.75. The molecule has 1 aromatic heterocycles. The monoisotopic (exact) mass is 315 g/mol. The molecule has 0 aliphatic carbocycles. The standard InChI is InChI=1S/C17H21N3O3/c1-22-14-7-3-12(4-8-14)5-9-15-18-19-16-10-6-13(11-20(15)16)17(21)23-2/h3-4,7-8,13H,5-6,9-11H2,1-2H3. The fraction of sp³-hybridized carbons (Fsp3) is 0.471. The van der Waals surface area contributed by atoms with Gasteiger partial charge in [0, 0.05) is 19.4 Å². The molecule has 6 nitrogen and oxygen atoms in total. The van der Waals surface area contributed by atoms with E-state index in [1.807, 2.05) is 12.1 Å². The average molecular weight is 315 g/mol. The molecule has 0 bridgehead atoms. The summed E-state index contributed by atoms with van der Waals surface area (Å²) in [5.41, 5.74) is 1.23. The number of aryl methyl sites for hydroxylation is 3. The van der Waals surface area contributed by atoms with Gasteiger partial charge >= 0.3 is 5.97 Å². The van der Waals surface area contributed by atoms with Crippen LogP contribution in [-0.2, 0) is 35.3 Å². The zero-order valence-corrected chi connectivity index (χ0v) is 13.5. The molecule has 0 N–H and O–H groups in total. The number of hydrogen-bond acceptors (Lipinski definition) is 5. The number of esters is 1. The van der Waals surface area contributed by atoms with Gasteiger partial charge in [0.2, 0.25) is 0 Å². The second-order valence-corrected chi connectivity index (χ2v) is 5.75. The predicted octanol–water partition coefficient (Wildman–Crippen LogP) is 1.81. The number of carbonyl (C=O) groups is 1. The third-order valence-electron chi connectivity index (χ3n) is 4.35. The first-order valence-electron chi connectivity index (χ1n) is 7.83. The first-order valence-corrected chi connectivity index (χ1v) is 7.83. The minimum absolute atomic E-state index is 0.0942. The van der Waals surface area contributed by atoms with E-state index >= 15 is 0 Å². The lowest BCUT2D eigenvalue weighted by Crippen LogP contribution is -2.28. The maximum absolute atomic E-state index is 11.8. The normalized spacial score (nSPS) is 16.7. The molecule has 2 heterocycles. The lowest BCUT2D eigenvalue weighted by molar-refractivity contribution is -0.146. The van der Waals surface area contributed by atoms with Crippen molar-refractivity contribution in [2.45, 2.75) is 32.2 Å². The van der Waals surface area contributed by atoms with Crippen LogP contribution in [0.5, 0.6) is 5.75 Å². The van der Waals surface area contributed by atoms with E-state index in [0.717, 1.165) is 43.1 Å². The van der Waals surface area contributed by atoms with E-state index in [-0.39, 0.29) is 11.9 Å². The quantitative estimate of drug-likeness (QED) is 0.787. The van der Waals surface area contributed by atoms with Crippen LogP contribution in [0.2, 0.25) is 0 Å². The maximum atomic E-state index is 11.8. The molecule has 3 rings (SSSR count). The van der Waals surface area contributed by atoms with Crippen molar-refractivity contribution in [1.29, 1.82) is 0 Å². The van der Waals surface area contributed by atoms with Gasteiger partial charge in [-0.25, -0.2) is 0 Å². The largest absolute Gasteiger partial charge is 0.497 e. The Morgan fingerprint density at radius 1 is 1.22 bits per heavy atom. The molecular weight excluding hydrogens is 294 g/mol. The first kappa shape index (κ1) is 15.5. The molecule has 1 atom stereocenters. The number of nitrogens with zero attached hydrogens (tertiary/aromatic N) is 3. The summed E-state index contributed by atoms with van der Waals surface area (Å²) in [4.78, 5) is 11.8.